The molecule has 238 valence electrons. The van der Waals surface area contributed by atoms with Gasteiger partial charge in [-0.15, -0.1) is 0 Å². The molecule has 10 heteroatoms. The lowest BCUT2D eigenvalue weighted by Crippen LogP contribution is -2.55. The first kappa shape index (κ1) is 37.0. The number of allylic oxidation sites excluding steroid dienone is 1. The number of methoxy groups -OCH3 is 1. The van der Waals surface area contributed by atoms with Crippen molar-refractivity contribution in [3.8, 4) is 0 Å². The first-order valence-electron chi connectivity index (χ1n) is 15.6. The van der Waals surface area contributed by atoms with E-state index >= 15 is 0 Å². The molecule has 41 heavy (non-hydrogen) atoms. The van der Waals surface area contributed by atoms with Gasteiger partial charge in [0.2, 0.25) is 5.91 Å². The van der Waals surface area contributed by atoms with E-state index in [4.69, 9.17) is 9.47 Å². The highest BCUT2D eigenvalue weighted by atomic mass is 16.5. The summed E-state index contributed by atoms with van der Waals surface area (Å²) in [5.74, 6) is -1.40. The standard InChI is InChI=1S/C31H56N2O8/c1-5-6-7-8-9-10-11-12-13-14-15-16-26(35)41-23-18-19-24(30(38)32-21-23)33-31(39)29(40-4)28(37)27(36)25(34)20-17-22(2)3/h17,20,22-25,27-29,34,36-37H,5-16,18-19,21H2,1-4H3,(H,32,38)(H,33,39)/b20-17+/t23-,24-,25-,27+,28+,29+/m0/s1. The van der Waals surface area contributed by atoms with Crippen LogP contribution in [0.3, 0.4) is 0 Å². The summed E-state index contributed by atoms with van der Waals surface area (Å²) in [6.07, 6.45) is 10.3. The molecule has 0 spiro atoms. The topological polar surface area (TPSA) is 154 Å². The third kappa shape index (κ3) is 15.7. The smallest absolute Gasteiger partial charge is 0.306 e. The second kappa shape index (κ2) is 21.7. The Balaban J connectivity index is 2.39. The average Bonchev–Trinajstić information content (AvgIpc) is 3.11. The largest absolute Gasteiger partial charge is 0.460 e. The summed E-state index contributed by atoms with van der Waals surface area (Å²) in [4.78, 5) is 37.7. The molecule has 1 saturated heterocycles. The zero-order valence-electron chi connectivity index (χ0n) is 25.7. The lowest BCUT2D eigenvalue weighted by molar-refractivity contribution is -0.151. The molecule has 0 bridgehead atoms. The molecule has 0 saturated carbocycles. The molecule has 5 N–H and O–H groups in total. The SMILES string of the molecule is CCCCCCCCCCCCCC(=O)O[C@H]1CC[C@H](NC(=O)[C@H](OC)[C@H](O)[C@H](O)[C@@H](O)/C=C/C(C)C)C(=O)NC1. The quantitative estimate of drug-likeness (QED) is 0.0782. The van der Waals surface area contributed by atoms with Crippen LogP contribution in [0.15, 0.2) is 12.2 Å². The van der Waals surface area contributed by atoms with E-state index in [1.54, 1.807) is 6.08 Å². The number of unbranched alkanes of at least 4 members (excludes halogenated alkanes) is 10. The first-order valence-corrected chi connectivity index (χ1v) is 15.6. The van der Waals surface area contributed by atoms with E-state index in [0.717, 1.165) is 19.3 Å². The molecule has 10 nitrogen and oxygen atoms in total. The molecule has 1 heterocycles. The van der Waals surface area contributed by atoms with Crippen LogP contribution < -0.4 is 10.6 Å². The van der Waals surface area contributed by atoms with Crippen molar-refractivity contribution in [3.63, 3.8) is 0 Å². The molecule has 1 aliphatic rings. The number of hydrogen-bond donors (Lipinski definition) is 5. The Bertz CT molecular complexity index is 775. The van der Waals surface area contributed by atoms with E-state index in [1.807, 2.05) is 13.8 Å². The van der Waals surface area contributed by atoms with Gasteiger partial charge in [-0.05, 0) is 25.2 Å². The van der Waals surface area contributed by atoms with E-state index in [9.17, 15) is 29.7 Å². The van der Waals surface area contributed by atoms with E-state index < -0.39 is 48.4 Å². The van der Waals surface area contributed by atoms with Crippen molar-refractivity contribution in [2.24, 2.45) is 5.92 Å². The normalized spacial score (nSPS) is 20.7. The van der Waals surface area contributed by atoms with Crippen LogP contribution in [0.5, 0.6) is 0 Å². The average molecular weight is 585 g/mol. The summed E-state index contributed by atoms with van der Waals surface area (Å²) in [7, 11) is 1.19. The van der Waals surface area contributed by atoms with E-state index in [1.165, 1.54) is 64.6 Å². The van der Waals surface area contributed by atoms with E-state index in [-0.39, 0.29) is 24.9 Å². The third-order valence-corrected chi connectivity index (χ3v) is 7.41. The first-order chi connectivity index (χ1) is 19.6. The number of aliphatic hydroxyl groups excluding tert-OH is 3. The number of aliphatic hydroxyl groups is 3. The van der Waals surface area contributed by atoms with Gasteiger partial charge in [-0.25, -0.2) is 0 Å². The number of nitrogens with one attached hydrogen (secondary N) is 2. The molecule has 0 aromatic heterocycles. The van der Waals surface area contributed by atoms with Crippen LogP contribution in [0.4, 0.5) is 0 Å². The number of rotatable bonds is 21. The fourth-order valence-electron chi connectivity index (χ4n) is 4.83. The zero-order chi connectivity index (χ0) is 30.6. The number of ether oxygens (including phenoxy) is 2. The van der Waals surface area contributed by atoms with Crippen LogP contribution in [0.25, 0.3) is 0 Å². The summed E-state index contributed by atoms with van der Waals surface area (Å²) in [5, 5.41) is 36.1. The summed E-state index contributed by atoms with van der Waals surface area (Å²) >= 11 is 0. The van der Waals surface area contributed by atoms with Crippen LogP contribution in [-0.4, -0.2) is 83.3 Å². The number of hydrogen-bond acceptors (Lipinski definition) is 8. The number of carbonyl (C=O) groups is 3. The molecule has 0 aromatic carbocycles. The number of esters is 1. The van der Waals surface area contributed by atoms with Gasteiger partial charge in [0, 0.05) is 13.5 Å². The molecule has 0 unspecified atom stereocenters. The van der Waals surface area contributed by atoms with Gasteiger partial charge in [-0.3, -0.25) is 14.4 Å². The monoisotopic (exact) mass is 584 g/mol. The highest BCUT2D eigenvalue weighted by Gasteiger charge is 2.37. The Morgan fingerprint density at radius 3 is 2.07 bits per heavy atom. The lowest BCUT2D eigenvalue weighted by atomic mass is 10.00. The maximum absolute atomic E-state index is 12.8. The molecule has 0 aromatic rings. The van der Waals surface area contributed by atoms with Crippen molar-refractivity contribution in [1.82, 2.24) is 10.6 Å². The highest BCUT2D eigenvalue weighted by molar-refractivity contribution is 5.89. The minimum atomic E-state index is -1.73. The molecule has 1 fully saturated rings. The molecule has 1 rings (SSSR count). The van der Waals surface area contributed by atoms with Crippen molar-refractivity contribution in [2.45, 2.75) is 147 Å². The van der Waals surface area contributed by atoms with Gasteiger partial charge in [0.05, 0.1) is 6.54 Å². The summed E-state index contributed by atoms with van der Waals surface area (Å²) < 4.78 is 10.7. The fourth-order valence-corrected chi connectivity index (χ4v) is 4.83. The van der Waals surface area contributed by atoms with E-state index in [0.29, 0.717) is 12.8 Å². The molecule has 1 aliphatic heterocycles. The van der Waals surface area contributed by atoms with Gasteiger partial charge in [0.15, 0.2) is 6.10 Å². The van der Waals surface area contributed by atoms with Crippen LogP contribution in [0, 0.1) is 5.92 Å². The van der Waals surface area contributed by atoms with Crippen LogP contribution in [-0.2, 0) is 23.9 Å². The van der Waals surface area contributed by atoms with Crippen molar-refractivity contribution in [3.05, 3.63) is 12.2 Å². The molecular formula is C31H56N2O8. The second-order valence-corrected chi connectivity index (χ2v) is 11.5. The molecule has 2 amide bonds. The fraction of sp³-hybridized carbons (Fsp3) is 0.839. The summed E-state index contributed by atoms with van der Waals surface area (Å²) in [5.41, 5.74) is 0. The second-order valence-electron chi connectivity index (χ2n) is 11.5. The summed E-state index contributed by atoms with van der Waals surface area (Å²) in [6.45, 7) is 6.16. The Hall–Kier alpha value is -2.01. The number of carbonyl (C=O) groups excluding carboxylic acids is 3. The van der Waals surface area contributed by atoms with Gasteiger partial charge >= 0.3 is 5.97 Å². The van der Waals surface area contributed by atoms with Crippen molar-refractivity contribution in [2.75, 3.05) is 13.7 Å². The minimum absolute atomic E-state index is 0.122. The molecular weight excluding hydrogens is 528 g/mol. The Morgan fingerprint density at radius 1 is 0.927 bits per heavy atom. The maximum atomic E-state index is 12.8. The predicted molar refractivity (Wildman–Crippen MR) is 158 cm³/mol. The third-order valence-electron chi connectivity index (χ3n) is 7.41. The van der Waals surface area contributed by atoms with Gasteiger partial charge in [0.25, 0.3) is 5.91 Å². The zero-order valence-corrected chi connectivity index (χ0v) is 25.7. The molecule has 0 radical (unpaired) electrons. The van der Waals surface area contributed by atoms with Gasteiger partial charge in [0.1, 0.15) is 30.5 Å². The van der Waals surface area contributed by atoms with Crippen molar-refractivity contribution >= 4 is 17.8 Å². The number of amides is 2. The van der Waals surface area contributed by atoms with Gasteiger partial charge in [-0.2, -0.15) is 0 Å². The van der Waals surface area contributed by atoms with Crippen LogP contribution in [0.1, 0.15) is 111 Å². The Morgan fingerprint density at radius 2 is 1.51 bits per heavy atom. The van der Waals surface area contributed by atoms with E-state index in [2.05, 4.69) is 17.6 Å². The van der Waals surface area contributed by atoms with Crippen LogP contribution >= 0.6 is 0 Å². The Labute approximate surface area is 246 Å². The van der Waals surface area contributed by atoms with Gasteiger partial charge < -0.3 is 35.4 Å². The van der Waals surface area contributed by atoms with Crippen LogP contribution in [0.2, 0.25) is 0 Å². The molecule has 6 atom stereocenters. The van der Waals surface area contributed by atoms with Crippen molar-refractivity contribution in [1.29, 1.82) is 0 Å². The molecule has 0 aliphatic carbocycles. The lowest BCUT2D eigenvalue weighted by Gasteiger charge is -2.28. The minimum Gasteiger partial charge on any atom is -0.460 e. The highest BCUT2D eigenvalue weighted by Crippen LogP contribution is 2.16. The summed E-state index contributed by atoms with van der Waals surface area (Å²) in [6, 6.07) is -0.925. The predicted octanol–water partition coefficient (Wildman–Crippen LogP) is 3.30. The maximum Gasteiger partial charge on any atom is 0.306 e. The Kier molecular flexibility index (Phi) is 19.6. The van der Waals surface area contributed by atoms with Crippen molar-refractivity contribution < 1.29 is 39.2 Å². The van der Waals surface area contributed by atoms with Gasteiger partial charge in [-0.1, -0.05) is 97.1 Å².